The topological polar surface area (TPSA) is 71.1 Å². The number of benzene rings is 1. The highest BCUT2D eigenvalue weighted by Crippen LogP contribution is 2.24. The first-order chi connectivity index (χ1) is 7.83. The standard InChI is InChI=1S/C11H9N3O2/c1-15-10-4-9(3-2-8(10)5-12)14-11-6-13-7-16-11/h2-4,6-7,14H,1H3. The van der Waals surface area contributed by atoms with Crippen LogP contribution in [-0.4, -0.2) is 12.1 Å². The number of oxazole rings is 1. The quantitative estimate of drug-likeness (QED) is 0.850. The number of methoxy groups -OCH3 is 1. The van der Waals surface area contributed by atoms with E-state index in [4.69, 9.17) is 14.4 Å². The summed E-state index contributed by atoms with van der Waals surface area (Å²) in [7, 11) is 1.52. The molecule has 1 aromatic heterocycles. The molecule has 0 aliphatic rings. The van der Waals surface area contributed by atoms with Crippen molar-refractivity contribution in [1.82, 2.24) is 4.98 Å². The first-order valence-electron chi connectivity index (χ1n) is 4.57. The molecule has 2 aromatic rings. The molecule has 0 amide bonds. The second-order valence-corrected chi connectivity index (χ2v) is 3.02. The van der Waals surface area contributed by atoms with E-state index in [0.717, 1.165) is 5.69 Å². The Kier molecular flexibility index (Phi) is 2.74. The molecule has 0 bridgehead atoms. The average Bonchev–Trinajstić information content (AvgIpc) is 2.81. The number of aromatic nitrogens is 1. The highest BCUT2D eigenvalue weighted by Gasteiger charge is 2.04. The Bertz CT molecular complexity index is 515. The lowest BCUT2D eigenvalue weighted by Crippen LogP contribution is -1.92. The predicted octanol–water partition coefficient (Wildman–Crippen LogP) is 2.30. The van der Waals surface area contributed by atoms with Gasteiger partial charge in [-0.05, 0) is 12.1 Å². The summed E-state index contributed by atoms with van der Waals surface area (Å²) in [5.41, 5.74) is 1.26. The molecule has 0 spiro atoms. The minimum absolute atomic E-state index is 0.491. The monoisotopic (exact) mass is 215 g/mol. The number of ether oxygens (including phenoxy) is 1. The average molecular weight is 215 g/mol. The second-order valence-electron chi connectivity index (χ2n) is 3.02. The van der Waals surface area contributed by atoms with Gasteiger partial charge >= 0.3 is 0 Å². The highest BCUT2D eigenvalue weighted by molar-refractivity contribution is 5.60. The fraction of sp³-hybridized carbons (Fsp3) is 0.0909. The third kappa shape index (κ3) is 1.96. The minimum atomic E-state index is 0.491. The third-order valence-electron chi connectivity index (χ3n) is 2.02. The fourth-order valence-electron chi connectivity index (χ4n) is 1.28. The molecule has 2 rings (SSSR count). The van der Waals surface area contributed by atoms with Crippen molar-refractivity contribution in [1.29, 1.82) is 5.26 Å². The van der Waals surface area contributed by atoms with Crippen molar-refractivity contribution in [2.45, 2.75) is 0 Å². The summed E-state index contributed by atoms with van der Waals surface area (Å²) in [6.07, 6.45) is 2.90. The molecule has 0 radical (unpaired) electrons. The zero-order valence-corrected chi connectivity index (χ0v) is 8.60. The lowest BCUT2D eigenvalue weighted by molar-refractivity contribution is 0.413. The van der Waals surface area contributed by atoms with Gasteiger partial charge in [-0.25, -0.2) is 4.98 Å². The number of rotatable bonds is 3. The Morgan fingerprint density at radius 2 is 2.38 bits per heavy atom. The highest BCUT2D eigenvalue weighted by atomic mass is 16.5. The lowest BCUT2D eigenvalue weighted by Gasteiger charge is -2.06. The number of hydrogen-bond donors (Lipinski definition) is 1. The van der Waals surface area contributed by atoms with Crippen LogP contribution in [0.15, 0.2) is 35.2 Å². The molecule has 0 saturated heterocycles. The van der Waals surface area contributed by atoms with Gasteiger partial charge < -0.3 is 14.5 Å². The van der Waals surface area contributed by atoms with E-state index in [9.17, 15) is 0 Å². The number of nitriles is 1. The van der Waals surface area contributed by atoms with Crippen LogP contribution >= 0.6 is 0 Å². The first-order valence-corrected chi connectivity index (χ1v) is 4.57. The van der Waals surface area contributed by atoms with Crippen LogP contribution in [-0.2, 0) is 0 Å². The van der Waals surface area contributed by atoms with Gasteiger partial charge in [-0.2, -0.15) is 5.26 Å². The number of anilines is 2. The van der Waals surface area contributed by atoms with Crippen LogP contribution in [0.25, 0.3) is 0 Å². The summed E-state index contributed by atoms with van der Waals surface area (Å²) in [5, 5.41) is 11.8. The molecular weight excluding hydrogens is 206 g/mol. The minimum Gasteiger partial charge on any atom is -0.495 e. The molecule has 0 fully saturated rings. The van der Waals surface area contributed by atoms with E-state index in [1.165, 1.54) is 13.5 Å². The zero-order chi connectivity index (χ0) is 11.4. The normalized spacial score (nSPS) is 9.50. The van der Waals surface area contributed by atoms with Crippen molar-refractivity contribution in [3.63, 3.8) is 0 Å². The Morgan fingerprint density at radius 3 is 3.00 bits per heavy atom. The third-order valence-corrected chi connectivity index (χ3v) is 2.02. The summed E-state index contributed by atoms with van der Waals surface area (Å²) < 4.78 is 10.1. The van der Waals surface area contributed by atoms with Crippen molar-refractivity contribution in [3.05, 3.63) is 36.4 Å². The van der Waals surface area contributed by atoms with Crippen LogP contribution in [0.4, 0.5) is 11.6 Å². The van der Waals surface area contributed by atoms with Gasteiger partial charge in [-0.3, -0.25) is 0 Å². The Balaban J connectivity index is 2.27. The second kappa shape index (κ2) is 4.36. The predicted molar refractivity (Wildman–Crippen MR) is 57.5 cm³/mol. The molecule has 0 aliphatic heterocycles. The van der Waals surface area contributed by atoms with E-state index >= 15 is 0 Å². The summed E-state index contributed by atoms with van der Waals surface area (Å²) in [6, 6.07) is 7.21. The molecule has 0 aliphatic carbocycles. The number of nitrogens with one attached hydrogen (secondary N) is 1. The van der Waals surface area contributed by atoms with Crippen LogP contribution in [0.2, 0.25) is 0 Å². The molecule has 1 N–H and O–H groups in total. The van der Waals surface area contributed by atoms with Gasteiger partial charge in [0.2, 0.25) is 5.88 Å². The smallest absolute Gasteiger partial charge is 0.217 e. The molecular formula is C11H9N3O2. The molecule has 0 unspecified atom stereocenters. The summed E-state index contributed by atoms with van der Waals surface area (Å²) in [4.78, 5) is 3.78. The molecule has 0 saturated carbocycles. The molecule has 5 nitrogen and oxygen atoms in total. The van der Waals surface area contributed by atoms with Crippen LogP contribution in [0, 0.1) is 11.3 Å². The molecule has 1 heterocycles. The van der Waals surface area contributed by atoms with E-state index in [1.54, 1.807) is 24.4 Å². The van der Waals surface area contributed by atoms with E-state index in [0.29, 0.717) is 17.2 Å². The zero-order valence-electron chi connectivity index (χ0n) is 8.60. The van der Waals surface area contributed by atoms with Crippen molar-refractivity contribution < 1.29 is 9.15 Å². The van der Waals surface area contributed by atoms with Gasteiger partial charge in [-0.1, -0.05) is 0 Å². The number of nitrogens with zero attached hydrogens (tertiary/aromatic N) is 2. The molecule has 1 aromatic carbocycles. The summed E-state index contributed by atoms with van der Waals surface area (Å²) in [6.45, 7) is 0. The molecule has 0 atom stereocenters. The van der Waals surface area contributed by atoms with Crippen LogP contribution in [0.3, 0.4) is 0 Å². The van der Waals surface area contributed by atoms with E-state index in [-0.39, 0.29) is 0 Å². The summed E-state index contributed by atoms with van der Waals surface area (Å²) >= 11 is 0. The van der Waals surface area contributed by atoms with Gasteiger partial charge in [0.1, 0.15) is 11.8 Å². The maximum atomic E-state index is 8.82. The van der Waals surface area contributed by atoms with Gasteiger partial charge in [0, 0.05) is 11.8 Å². The lowest BCUT2D eigenvalue weighted by atomic mass is 10.2. The van der Waals surface area contributed by atoms with Crippen molar-refractivity contribution in [2.24, 2.45) is 0 Å². The van der Waals surface area contributed by atoms with Crippen molar-refractivity contribution >= 4 is 11.6 Å². The summed E-state index contributed by atoms with van der Waals surface area (Å²) in [5.74, 6) is 1.05. The first kappa shape index (κ1) is 10.1. The van der Waals surface area contributed by atoms with E-state index in [2.05, 4.69) is 10.3 Å². The Hall–Kier alpha value is -2.48. The largest absolute Gasteiger partial charge is 0.495 e. The molecule has 5 heteroatoms. The van der Waals surface area contributed by atoms with Crippen molar-refractivity contribution in [2.75, 3.05) is 12.4 Å². The molecule has 80 valence electrons. The maximum Gasteiger partial charge on any atom is 0.217 e. The molecule has 16 heavy (non-hydrogen) atoms. The van der Waals surface area contributed by atoms with E-state index in [1.807, 2.05) is 6.07 Å². The van der Waals surface area contributed by atoms with Crippen LogP contribution < -0.4 is 10.1 Å². The number of hydrogen-bond acceptors (Lipinski definition) is 5. The van der Waals surface area contributed by atoms with Gasteiger partial charge in [0.25, 0.3) is 0 Å². The fourth-order valence-corrected chi connectivity index (χ4v) is 1.28. The Labute approximate surface area is 92.3 Å². The van der Waals surface area contributed by atoms with E-state index < -0.39 is 0 Å². The SMILES string of the molecule is COc1cc(Nc2cnco2)ccc1C#N. The van der Waals surface area contributed by atoms with Gasteiger partial charge in [0.05, 0.1) is 18.9 Å². The Morgan fingerprint density at radius 1 is 1.50 bits per heavy atom. The van der Waals surface area contributed by atoms with Gasteiger partial charge in [0.15, 0.2) is 6.39 Å². The maximum absolute atomic E-state index is 8.82. The van der Waals surface area contributed by atoms with Crippen molar-refractivity contribution in [3.8, 4) is 11.8 Å². The van der Waals surface area contributed by atoms with Crippen LogP contribution in [0.5, 0.6) is 5.75 Å². The van der Waals surface area contributed by atoms with Gasteiger partial charge in [-0.15, -0.1) is 0 Å². The van der Waals surface area contributed by atoms with Crippen LogP contribution in [0.1, 0.15) is 5.56 Å².